The van der Waals surface area contributed by atoms with Gasteiger partial charge in [0, 0.05) is 21.9 Å². The summed E-state index contributed by atoms with van der Waals surface area (Å²) in [6, 6.07) is 8.17. The van der Waals surface area contributed by atoms with Crippen LogP contribution in [0, 0.1) is 5.92 Å². The lowest BCUT2D eigenvalue weighted by atomic mass is 9.85. The van der Waals surface area contributed by atoms with E-state index in [4.69, 9.17) is 9.47 Å². The third-order valence-electron chi connectivity index (χ3n) is 6.39. The third kappa shape index (κ3) is 6.05. The van der Waals surface area contributed by atoms with Crippen molar-refractivity contribution < 1.29 is 19.7 Å². The second kappa shape index (κ2) is 11.7. The molecular weight excluding hydrogens is 400 g/mol. The van der Waals surface area contributed by atoms with Crippen molar-refractivity contribution in [2.24, 2.45) is 5.92 Å². The number of aliphatic hydroxyl groups is 2. The summed E-state index contributed by atoms with van der Waals surface area (Å²) >= 11 is 0. The summed E-state index contributed by atoms with van der Waals surface area (Å²) in [5.74, 6) is 2.46. The lowest BCUT2D eigenvalue weighted by Gasteiger charge is -2.27. The highest BCUT2D eigenvalue weighted by atomic mass is 16.5. The van der Waals surface area contributed by atoms with Gasteiger partial charge in [-0.15, -0.1) is 0 Å². The van der Waals surface area contributed by atoms with E-state index in [-0.39, 0.29) is 13.2 Å². The molecule has 1 aliphatic carbocycles. The molecule has 0 saturated heterocycles. The molecule has 1 aliphatic rings. The zero-order chi connectivity index (χ0) is 23.1. The first-order valence-corrected chi connectivity index (χ1v) is 12.3. The molecule has 0 saturated carbocycles. The first kappa shape index (κ1) is 24.6. The summed E-state index contributed by atoms with van der Waals surface area (Å²) in [4.78, 5) is 0. The van der Waals surface area contributed by atoms with Gasteiger partial charge in [0.05, 0.1) is 12.2 Å². The maximum atomic E-state index is 10.2. The molecule has 4 heteroatoms. The van der Waals surface area contributed by atoms with E-state index in [1.54, 1.807) is 0 Å². The lowest BCUT2D eigenvalue weighted by molar-refractivity contribution is 0.103. The fourth-order valence-electron chi connectivity index (χ4n) is 4.28. The number of fused-ring (bicyclic) bond motifs is 2. The van der Waals surface area contributed by atoms with Gasteiger partial charge in [-0.05, 0) is 44.4 Å². The Kier molecular flexibility index (Phi) is 9.01. The maximum Gasteiger partial charge on any atom is 0.131 e. The minimum atomic E-state index is -0.482. The molecule has 0 heterocycles. The zero-order valence-electron chi connectivity index (χ0n) is 20.2. The van der Waals surface area contributed by atoms with Gasteiger partial charge in [0.1, 0.15) is 24.7 Å². The van der Waals surface area contributed by atoms with Crippen LogP contribution in [0.4, 0.5) is 0 Å². The molecule has 2 N–H and O–H groups in total. The molecule has 2 aromatic rings. The second-order valence-electron chi connectivity index (χ2n) is 9.44. The highest BCUT2D eigenvalue weighted by Crippen LogP contribution is 2.44. The van der Waals surface area contributed by atoms with Crippen molar-refractivity contribution in [1.29, 1.82) is 0 Å². The van der Waals surface area contributed by atoms with Gasteiger partial charge in [-0.25, -0.2) is 0 Å². The molecule has 2 aromatic carbocycles. The highest BCUT2D eigenvalue weighted by molar-refractivity contribution is 5.96. The number of aliphatic hydroxyl groups excluding tert-OH is 2. The molecule has 2 unspecified atom stereocenters. The van der Waals surface area contributed by atoms with Crippen LogP contribution in [0.3, 0.4) is 0 Å². The molecule has 0 amide bonds. The molecule has 0 aliphatic heterocycles. The number of allylic oxidation sites excluding steroid dienone is 2. The Labute approximate surface area is 193 Å². The number of rotatable bonds is 12. The standard InChI is InChI=1S/C28H40O4/c1-5-21(29)17-31-27-23-12-7-8-13-24(23)28(32-18-22(30)6-2)26-16-20(14-15-25(26)27)11-9-10-19(3)4/h7-8,12-14,19,21-22,29-30H,5-6,9-11,15-18H2,1-4H3. The lowest BCUT2D eigenvalue weighted by Crippen LogP contribution is -2.20. The molecule has 3 rings (SSSR count). The van der Waals surface area contributed by atoms with E-state index in [2.05, 4.69) is 32.1 Å². The first-order valence-electron chi connectivity index (χ1n) is 12.3. The third-order valence-corrected chi connectivity index (χ3v) is 6.39. The molecule has 2 atom stereocenters. The number of ether oxygens (including phenoxy) is 2. The van der Waals surface area contributed by atoms with E-state index in [1.165, 1.54) is 24.0 Å². The summed E-state index contributed by atoms with van der Waals surface area (Å²) in [6.07, 6.45) is 7.91. The summed E-state index contributed by atoms with van der Waals surface area (Å²) in [5, 5.41) is 22.3. The second-order valence-corrected chi connectivity index (χ2v) is 9.44. The van der Waals surface area contributed by atoms with Gasteiger partial charge in [0.15, 0.2) is 0 Å². The van der Waals surface area contributed by atoms with Crippen molar-refractivity contribution >= 4 is 10.8 Å². The molecular formula is C28H40O4. The molecule has 0 spiro atoms. The number of benzene rings is 2. The van der Waals surface area contributed by atoms with Crippen molar-refractivity contribution in [1.82, 2.24) is 0 Å². The Morgan fingerprint density at radius 2 is 1.44 bits per heavy atom. The largest absolute Gasteiger partial charge is 0.490 e. The number of hydrogen-bond donors (Lipinski definition) is 2. The monoisotopic (exact) mass is 440 g/mol. The Hall–Kier alpha value is -2.04. The van der Waals surface area contributed by atoms with E-state index >= 15 is 0 Å². The van der Waals surface area contributed by atoms with Gasteiger partial charge in [0.25, 0.3) is 0 Å². The molecule has 176 valence electrons. The van der Waals surface area contributed by atoms with E-state index in [0.717, 1.165) is 53.0 Å². The van der Waals surface area contributed by atoms with E-state index in [0.29, 0.717) is 12.8 Å². The van der Waals surface area contributed by atoms with Gasteiger partial charge in [-0.3, -0.25) is 0 Å². The topological polar surface area (TPSA) is 58.9 Å². The summed E-state index contributed by atoms with van der Waals surface area (Å²) in [6.45, 7) is 9.05. The molecule has 0 radical (unpaired) electrons. The molecule has 32 heavy (non-hydrogen) atoms. The van der Waals surface area contributed by atoms with Crippen molar-refractivity contribution in [2.45, 2.75) is 84.8 Å². The van der Waals surface area contributed by atoms with Crippen LogP contribution < -0.4 is 9.47 Å². The van der Waals surface area contributed by atoms with Crippen molar-refractivity contribution in [2.75, 3.05) is 13.2 Å². The van der Waals surface area contributed by atoms with Gasteiger partial charge >= 0.3 is 0 Å². The van der Waals surface area contributed by atoms with Crippen LogP contribution in [-0.4, -0.2) is 35.6 Å². The Balaban J connectivity index is 2.01. The normalized spacial score (nSPS) is 15.4. The van der Waals surface area contributed by atoms with Gasteiger partial charge in [0.2, 0.25) is 0 Å². The summed E-state index contributed by atoms with van der Waals surface area (Å²) < 4.78 is 12.5. The van der Waals surface area contributed by atoms with Crippen molar-refractivity contribution in [3.63, 3.8) is 0 Å². The Bertz CT molecular complexity index is 915. The van der Waals surface area contributed by atoms with Crippen LogP contribution in [0.2, 0.25) is 0 Å². The maximum absolute atomic E-state index is 10.2. The van der Waals surface area contributed by atoms with E-state index in [1.807, 2.05) is 26.0 Å². The zero-order valence-corrected chi connectivity index (χ0v) is 20.2. The fourth-order valence-corrected chi connectivity index (χ4v) is 4.28. The van der Waals surface area contributed by atoms with E-state index in [9.17, 15) is 10.2 Å². The number of hydrogen-bond acceptors (Lipinski definition) is 4. The van der Waals surface area contributed by atoms with Crippen molar-refractivity contribution in [3.05, 3.63) is 47.0 Å². The quantitative estimate of drug-likeness (QED) is 0.398. The van der Waals surface area contributed by atoms with E-state index < -0.39 is 12.2 Å². The molecule has 4 nitrogen and oxygen atoms in total. The van der Waals surface area contributed by atoms with Crippen molar-refractivity contribution in [3.8, 4) is 11.5 Å². The SMILES string of the molecule is CCC(O)COc1c2c(c(OCC(O)CC)c3ccccc13)CC(CCCC(C)C)=CC2. The fraction of sp³-hybridized carbons (Fsp3) is 0.571. The predicted octanol–water partition coefficient (Wildman–Crippen LogP) is 5.99. The van der Waals surface area contributed by atoms with Crippen LogP contribution in [-0.2, 0) is 12.8 Å². The van der Waals surface area contributed by atoms with Crippen LogP contribution >= 0.6 is 0 Å². The first-order chi connectivity index (χ1) is 15.4. The highest BCUT2D eigenvalue weighted by Gasteiger charge is 2.25. The van der Waals surface area contributed by atoms with Crippen LogP contribution in [0.1, 0.15) is 70.9 Å². The minimum absolute atomic E-state index is 0.284. The van der Waals surface area contributed by atoms with Gasteiger partial charge in [-0.1, -0.05) is 70.0 Å². The van der Waals surface area contributed by atoms with Gasteiger partial charge in [-0.2, -0.15) is 0 Å². The molecule has 0 aromatic heterocycles. The molecule has 0 fully saturated rings. The van der Waals surface area contributed by atoms with Crippen LogP contribution in [0.5, 0.6) is 11.5 Å². The van der Waals surface area contributed by atoms with Crippen LogP contribution in [0.15, 0.2) is 35.9 Å². The Morgan fingerprint density at radius 1 is 0.875 bits per heavy atom. The smallest absolute Gasteiger partial charge is 0.131 e. The average molecular weight is 441 g/mol. The van der Waals surface area contributed by atoms with Gasteiger partial charge < -0.3 is 19.7 Å². The van der Waals surface area contributed by atoms with Crippen LogP contribution in [0.25, 0.3) is 10.8 Å². The molecule has 0 bridgehead atoms. The summed E-state index contributed by atoms with van der Waals surface area (Å²) in [7, 11) is 0. The minimum Gasteiger partial charge on any atom is -0.490 e. The average Bonchev–Trinajstić information content (AvgIpc) is 2.80. The Morgan fingerprint density at radius 3 is 1.97 bits per heavy atom. The summed E-state index contributed by atoms with van der Waals surface area (Å²) in [5.41, 5.74) is 3.78. The predicted molar refractivity (Wildman–Crippen MR) is 132 cm³/mol.